The predicted molar refractivity (Wildman–Crippen MR) is 87.1 cm³/mol. The van der Waals surface area contributed by atoms with Crippen LogP contribution in [0.4, 0.5) is 17.6 Å². The Morgan fingerprint density at radius 1 is 1.12 bits per heavy atom. The van der Waals surface area contributed by atoms with E-state index >= 15 is 0 Å². The average Bonchev–Trinajstić information content (AvgIpc) is 2.55. The largest absolute Gasteiger partial charge is 0.378 e. The van der Waals surface area contributed by atoms with Gasteiger partial charge in [-0.2, -0.15) is 23.4 Å². The third-order valence-corrected chi connectivity index (χ3v) is 4.31. The van der Waals surface area contributed by atoms with Crippen molar-refractivity contribution in [2.45, 2.75) is 11.8 Å². The molecule has 128 valence electrons. The molecule has 0 radical (unpaired) electrons. The van der Waals surface area contributed by atoms with Crippen LogP contribution in [0.3, 0.4) is 0 Å². The van der Waals surface area contributed by atoms with E-state index in [4.69, 9.17) is 9.29 Å². The molecule has 3 rings (SSSR count). The van der Waals surface area contributed by atoms with Crippen LogP contribution < -0.4 is 10.2 Å². The molecule has 0 saturated carbocycles. The van der Waals surface area contributed by atoms with E-state index in [0.717, 1.165) is 0 Å². The maximum atomic E-state index is 11.1. The normalized spacial score (nSPS) is 15.3. The Labute approximate surface area is 139 Å². The number of aromatic nitrogens is 3. The molecule has 24 heavy (non-hydrogen) atoms. The Balaban J connectivity index is 1.80. The fourth-order valence-corrected chi connectivity index (χ4v) is 2.75. The smallest absolute Gasteiger partial charge is 0.294 e. The summed E-state index contributed by atoms with van der Waals surface area (Å²) in [7, 11) is -4.21. The van der Waals surface area contributed by atoms with Crippen LogP contribution in [0.15, 0.2) is 29.2 Å². The molecule has 10 heteroatoms. The molecule has 1 aromatic carbocycles. The van der Waals surface area contributed by atoms with Crippen molar-refractivity contribution >= 4 is 27.7 Å². The summed E-state index contributed by atoms with van der Waals surface area (Å²) in [5, 5.41) is 3.01. The highest BCUT2D eigenvalue weighted by Gasteiger charge is 2.16. The minimum atomic E-state index is -4.21. The van der Waals surface area contributed by atoms with Crippen LogP contribution in [0.2, 0.25) is 0 Å². The number of ether oxygens (including phenoxy) is 1. The number of morpholine rings is 1. The Kier molecular flexibility index (Phi) is 4.60. The minimum absolute atomic E-state index is 0.172. The fraction of sp³-hybridized carbons (Fsp3) is 0.357. The molecule has 0 aliphatic carbocycles. The molecule has 1 saturated heterocycles. The van der Waals surface area contributed by atoms with Crippen LogP contribution in [0.25, 0.3) is 0 Å². The number of nitrogens with zero attached hydrogens (tertiary/aromatic N) is 4. The summed E-state index contributed by atoms with van der Waals surface area (Å²) in [5.41, 5.74) is 0.598. The van der Waals surface area contributed by atoms with E-state index in [9.17, 15) is 8.42 Å². The second kappa shape index (κ2) is 6.67. The Morgan fingerprint density at radius 2 is 1.79 bits per heavy atom. The molecule has 1 aromatic heterocycles. The van der Waals surface area contributed by atoms with E-state index < -0.39 is 10.1 Å². The van der Waals surface area contributed by atoms with E-state index in [1.54, 1.807) is 6.92 Å². The first kappa shape index (κ1) is 16.6. The number of anilines is 3. The Bertz CT molecular complexity index is 820. The van der Waals surface area contributed by atoms with Crippen LogP contribution in [0.5, 0.6) is 0 Å². The van der Waals surface area contributed by atoms with Crippen molar-refractivity contribution in [2.24, 2.45) is 0 Å². The van der Waals surface area contributed by atoms with Gasteiger partial charge in [-0.25, -0.2) is 0 Å². The average molecular weight is 351 g/mol. The van der Waals surface area contributed by atoms with Gasteiger partial charge in [0, 0.05) is 18.8 Å². The number of rotatable bonds is 4. The fourth-order valence-electron chi connectivity index (χ4n) is 2.27. The molecule has 1 aliphatic rings. The third-order valence-electron chi connectivity index (χ3n) is 3.44. The van der Waals surface area contributed by atoms with Gasteiger partial charge in [-0.3, -0.25) is 4.55 Å². The van der Waals surface area contributed by atoms with Crippen molar-refractivity contribution in [2.75, 3.05) is 36.5 Å². The maximum Gasteiger partial charge on any atom is 0.294 e. The van der Waals surface area contributed by atoms with E-state index in [2.05, 4.69) is 20.3 Å². The van der Waals surface area contributed by atoms with Gasteiger partial charge in [0.05, 0.1) is 18.1 Å². The van der Waals surface area contributed by atoms with Crippen LogP contribution in [0.1, 0.15) is 5.82 Å². The van der Waals surface area contributed by atoms with Gasteiger partial charge in [-0.1, -0.05) is 0 Å². The SMILES string of the molecule is Cc1nc(Nc2ccc(S(=O)(=O)O)cc2)nc(N2CCOCC2)n1. The summed E-state index contributed by atoms with van der Waals surface area (Å²) >= 11 is 0. The standard InChI is InChI=1S/C14H17N5O4S/c1-10-15-13(18-14(16-10)19-6-8-23-9-7-19)17-11-2-4-12(5-3-11)24(20,21)22/h2-5H,6-9H2,1H3,(H,20,21,22)(H,15,16,17,18). The molecule has 1 fully saturated rings. The molecule has 0 unspecified atom stereocenters. The van der Waals surface area contributed by atoms with Gasteiger partial charge in [0.15, 0.2) is 0 Å². The maximum absolute atomic E-state index is 11.1. The summed E-state index contributed by atoms with van der Waals surface area (Å²) in [6, 6.07) is 5.65. The first-order valence-electron chi connectivity index (χ1n) is 7.32. The zero-order valence-corrected chi connectivity index (χ0v) is 13.8. The molecule has 1 aliphatic heterocycles. The first-order valence-corrected chi connectivity index (χ1v) is 8.76. The highest BCUT2D eigenvalue weighted by atomic mass is 32.2. The van der Waals surface area contributed by atoms with Gasteiger partial charge in [0.2, 0.25) is 11.9 Å². The van der Waals surface area contributed by atoms with Crippen LogP contribution in [0, 0.1) is 6.92 Å². The lowest BCUT2D eigenvalue weighted by Gasteiger charge is -2.26. The van der Waals surface area contributed by atoms with Gasteiger partial charge in [0.25, 0.3) is 10.1 Å². The van der Waals surface area contributed by atoms with Crippen LogP contribution in [-0.2, 0) is 14.9 Å². The molecule has 0 bridgehead atoms. The molecular weight excluding hydrogens is 334 g/mol. The molecule has 0 amide bonds. The zero-order chi connectivity index (χ0) is 17.2. The molecule has 2 aromatic rings. The lowest BCUT2D eigenvalue weighted by atomic mass is 10.3. The first-order chi connectivity index (χ1) is 11.4. The summed E-state index contributed by atoms with van der Waals surface area (Å²) in [6.45, 7) is 4.46. The van der Waals surface area contributed by atoms with Gasteiger partial charge < -0.3 is 15.0 Å². The van der Waals surface area contributed by atoms with Gasteiger partial charge in [0.1, 0.15) is 5.82 Å². The monoisotopic (exact) mass is 351 g/mol. The summed E-state index contributed by atoms with van der Waals surface area (Å²) < 4.78 is 36.4. The van der Waals surface area contributed by atoms with Gasteiger partial charge in [-0.05, 0) is 31.2 Å². The number of hydrogen-bond donors (Lipinski definition) is 2. The second-order valence-electron chi connectivity index (χ2n) is 5.23. The van der Waals surface area contributed by atoms with E-state index in [1.807, 2.05) is 4.90 Å². The number of benzene rings is 1. The van der Waals surface area contributed by atoms with Gasteiger partial charge >= 0.3 is 0 Å². The van der Waals surface area contributed by atoms with Crippen molar-refractivity contribution in [1.82, 2.24) is 15.0 Å². The minimum Gasteiger partial charge on any atom is -0.378 e. The molecule has 9 nitrogen and oxygen atoms in total. The highest BCUT2D eigenvalue weighted by molar-refractivity contribution is 7.85. The van der Waals surface area contributed by atoms with Crippen LogP contribution >= 0.6 is 0 Å². The van der Waals surface area contributed by atoms with Crippen molar-refractivity contribution in [1.29, 1.82) is 0 Å². The Morgan fingerprint density at radius 3 is 2.42 bits per heavy atom. The molecule has 2 N–H and O–H groups in total. The molecule has 0 spiro atoms. The lowest BCUT2D eigenvalue weighted by molar-refractivity contribution is 0.122. The van der Waals surface area contributed by atoms with Crippen molar-refractivity contribution in [3.05, 3.63) is 30.1 Å². The van der Waals surface area contributed by atoms with E-state index in [-0.39, 0.29) is 4.90 Å². The summed E-state index contributed by atoms with van der Waals surface area (Å²) in [6.07, 6.45) is 0. The number of nitrogens with one attached hydrogen (secondary N) is 1. The zero-order valence-electron chi connectivity index (χ0n) is 13.0. The summed E-state index contributed by atoms with van der Waals surface area (Å²) in [4.78, 5) is 14.8. The molecule has 2 heterocycles. The van der Waals surface area contributed by atoms with E-state index in [0.29, 0.717) is 49.7 Å². The van der Waals surface area contributed by atoms with Crippen molar-refractivity contribution in [3.63, 3.8) is 0 Å². The lowest BCUT2D eigenvalue weighted by Crippen LogP contribution is -2.37. The molecule has 0 atom stereocenters. The summed E-state index contributed by atoms with van der Waals surface area (Å²) in [5.74, 6) is 1.51. The Hall–Kier alpha value is -2.30. The number of hydrogen-bond acceptors (Lipinski definition) is 8. The topological polar surface area (TPSA) is 118 Å². The van der Waals surface area contributed by atoms with E-state index in [1.165, 1.54) is 24.3 Å². The highest BCUT2D eigenvalue weighted by Crippen LogP contribution is 2.18. The second-order valence-corrected chi connectivity index (χ2v) is 6.65. The van der Waals surface area contributed by atoms with Crippen molar-refractivity contribution in [3.8, 4) is 0 Å². The molecular formula is C14H17N5O4S. The predicted octanol–water partition coefficient (Wildman–Crippen LogP) is 1.01. The third kappa shape index (κ3) is 3.96. The van der Waals surface area contributed by atoms with Gasteiger partial charge in [-0.15, -0.1) is 0 Å². The quantitative estimate of drug-likeness (QED) is 0.778. The number of aryl methyl sites for hydroxylation is 1. The van der Waals surface area contributed by atoms with Crippen molar-refractivity contribution < 1.29 is 17.7 Å². The van der Waals surface area contributed by atoms with Crippen LogP contribution in [-0.4, -0.2) is 54.2 Å².